The van der Waals surface area contributed by atoms with Crippen molar-refractivity contribution in [2.75, 3.05) is 5.32 Å². The Hall–Kier alpha value is -2.61. The van der Waals surface area contributed by atoms with Crippen molar-refractivity contribution in [2.24, 2.45) is 0 Å². The molecule has 0 aliphatic rings. The van der Waals surface area contributed by atoms with Crippen molar-refractivity contribution in [3.05, 3.63) is 45.5 Å². The Kier molecular flexibility index (Phi) is 4.38. The number of amides is 1. The van der Waals surface area contributed by atoms with Crippen LogP contribution in [0.2, 0.25) is 0 Å². The lowest BCUT2D eigenvalue weighted by Crippen LogP contribution is -2.30. The molecule has 0 aliphatic carbocycles. The summed E-state index contributed by atoms with van der Waals surface area (Å²) in [5, 5.41) is 12.5. The average molecular weight is 357 g/mol. The van der Waals surface area contributed by atoms with E-state index < -0.39 is 0 Å². The fraction of sp³-hybridized carbons (Fsp3) is 0.353. The fourth-order valence-electron chi connectivity index (χ4n) is 2.34. The Morgan fingerprint density at radius 2 is 1.96 bits per heavy atom. The molecule has 1 amide bonds. The quantitative estimate of drug-likeness (QED) is 0.778. The molecule has 0 aliphatic heterocycles. The highest BCUT2D eigenvalue weighted by Gasteiger charge is 2.20. The van der Waals surface area contributed by atoms with Gasteiger partial charge in [-0.1, -0.05) is 44.2 Å². The van der Waals surface area contributed by atoms with Gasteiger partial charge in [-0.05, 0) is 19.1 Å². The predicted molar refractivity (Wildman–Crippen MR) is 98.0 cm³/mol. The van der Waals surface area contributed by atoms with E-state index in [1.807, 2.05) is 26.8 Å². The number of rotatable bonds is 3. The van der Waals surface area contributed by atoms with Gasteiger partial charge in [-0.15, -0.1) is 10.2 Å². The lowest BCUT2D eigenvalue weighted by atomic mass is 9.98. The van der Waals surface area contributed by atoms with E-state index in [0.717, 1.165) is 5.01 Å². The minimum atomic E-state index is -0.334. The summed E-state index contributed by atoms with van der Waals surface area (Å²) in [7, 11) is 0. The van der Waals surface area contributed by atoms with Gasteiger partial charge in [0.05, 0.1) is 10.9 Å². The molecule has 0 spiro atoms. The van der Waals surface area contributed by atoms with Gasteiger partial charge < -0.3 is 0 Å². The number of para-hydroxylation sites is 1. The van der Waals surface area contributed by atoms with E-state index in [1.54, 1.807) is 25.1 Å². The Morgan fingerprint density at radius 1 is 1.24 bits per heavy atom. The second kappa shape index (κ2) is 6.36. The number of benzene rings is 1. The first-order valence-corrected chi connectivity index (χ1v) is 8.67. The molecule has 2 aromatic heterocycles. The van der Waals surface area contributed by atoms with E-state index in [4.69, 9.17) is 0 Å². The van der Waals surface area contributed by atoms with Crippen molar-refractivity contribution in [3.8, 4) is 0 Å². The van der Waals surface area contributed by atoms with E-state index in [9.17, 15) is 9.59 Å². The topological polar surface area (TPSA) is 89.8 Å². The van der Waals surface area contributed by atoms with Gasteiger partial charge in [0.15, 0.2) is 0 Å². The number of nitrogens with one attached hydrogen (secondary N) is 1. The van der Waals surface area contributed by atoms with E-state index in [0.29, 0.717) is 21.9 Å². The van der Waals surface area contributed by atoms with Gasteiger partial charge in [-0.2, -0.15) is 0 Å². The highest BCUT2D eigenvalue weighted by Crippen LogP contribution is 2.27. The van der Waals surface area contributed by atoms with Crippen LogP contribution >= 0.6 is 11.3 Å². The highest BCUT2D eigenvalue weighted by atomic mass is 32.1. The zero-order valence-electron chi connectivity index (χ0n) is 14.5. The van der Waals surface area contributed by atoms with Gasteiger partial charge in [-0.25, -0.2) is 4.98 Å². The van der Waals surface area contributed by atoms with Crippen molar-refractivity contribution in [1.82, 2.24) is 19.7 Å². The molecule has 0 fully saturated rings. The number of hydrogen-bond donors (Lipinski definition) is 1. The fourth-order valence-corrected chi connectivity index (χ4v) is 3.16. The second-order valence-corrected chi connectivity index (χ2v) is 7.76. The van der Waals surface area contributed by atoms with Crippen molar-refractivity contribution in [3.63, 3.8) is 0 Å². The molecule has 2 heterocycles. The van der Waals surface area contributed by atoms with Crippen LogP contribution in [0.4, 0.5) is 5.13 Å². The van der Waals surface area contributed by atoms with Crippen LogP contribution in [0.1, 0.15) is 31.6 Å². The van der Waals surface area contributed by atoms with Gasteiger partial charge in [0, 0.05) is 5.41 Å². The third-order valence-corrected chi connectivity index (χ3v) is 4.93. The first-order valence-electron chi connectivity index (χ1n) is 7.86. The SMILES string of the molecule is Cc1nc2ccccc2c(=O)n1CC(=O)Nc1nnc(C(C)(C)C)s1. The molecule has 3 rings (SSSR count). The predicted octanol–water partition coefficient (Wildman–Crippen LogP) is 2.49. The molecule has 0 saturated heterocycles. The van der Waals surface area contributed by atoms with Gasteiger partial charge >= 0.3 is 0 Å². The van der Waals surface area contributed by atoms with Crippen molar-refractivity contribution in [2.45, 2.75) is 39.7 Å². The summed E-state index contributed by atoms with van der Waals surface area (Å²) in [5.74, 6) is 0.158. The molecular formula is C17H19N5O2S. The molecule has 0 unspecified atom stereocenters. The minimum Gasteiger partial charge on any atom is -0.299 e. The van der Waals surface area contributed by atoms with Crippen LogP contribution in [0.5, 0.6) is 0 Å². The van der Waals surface area contributed by atoms with Crippen LogP contribution in [-0.2, 0) is 16.8 Å². The largest absolute Gasteiger partial charge is 0.299 e. The molecule has 1 N–H and O–H groups in total. The van der Waals surface area contributed by atoms with Crippen molar-refractivity contribution >= 4 is 33.3 Å². The summed E-state index contributed by atoms with van der Waals surface area (Å²) in [5.41, 5.74) is 0.266. The summed E-state index contributed by atoms with van der Waals surface area (Å²) in [6, 6.07) is 7.09. The lowest BCUT2D eigenvalue weighted by Gasteiger charge is -2.12. The first kappa shape index (κ1) is 17.2. The molecule has 3 aromatic rings. The third-order valence-electron chi connectivity index (χ3n) is 3.67. The smallest absolute Gasteiger partial charge is 0.261 e. The molecule has 8 heteroatoms. The Balaban J connectivity index is 1.83. The van der Waals surface area contributed by atoms with E-state index in [-0.39, 0.29) is 23.4 Å². The van der Waals surface area contributed by atoms with Gasteiger partial charge in [0.2, 0.25) is 11.0 Å². The minimum absolute atomic E-state index is 0.118. The molecule has 25 heavy (non-hydrogen) atoms. The number of fused-ring (bicyclic) bond motifs is 1. The first-order chi connectivity index (χ1) is 11.8. The zero-order valence-corrected chi connectivity index (χ0v) is 15.3. The Labute approximate surface area is 148 Å². The molecule has 7 nitrogen and oxygen atoms in total. The molecule has 1 aromatic carbocycles. The van der Waals surface area contributed by atoms with Crippen LogP contribution in [-0.4, -0.2) is 25.7 Å². The molecule has 130 valence electrons. The van der Waals surface area contributed by atoms with Crippen molar-refractivity contribution in [1.29, 1.82) is 0 Å². The van der Waals surface area contributed by atoms with Crippen LogP contribution < -0.4 is 10.9 Å². The van der Waals surface area contributed by atoms with Gasteiger partial charge in [-0.3, -0.25) is 19.5 Å². The monoisotopic (exact) mass is 357 g/mol. The summed E-state index contributed by atoms with van der Waals surface area (Å²) in [4.78, 5) is 29.3. The normalized spacial score (nSPS) is 11.7. The third kappa shape index (κ3) is 3.58. The van der Waals surface area contributed by atoms with Crippen LogP contribution in [0, 0.1) is 6.92 Å². The summed E-state index contributed by atoms with van der Waals surface area (Å²) in [6.45, 7) is 7.69. The van der Waals surface area contributed by atoms with E-state index >= 15 is 0 Å². The second-order valence-electron chi connectivity index (χ2n) is 6.78. The maximum atomic E-state index is 12.6. The Morgan fingerprint density at radius 3 is 2.64 bits per heavy atom. The van der Waals surface area contributed by atoms with Crippen LogP contribution in [0.15, 0.2) is 29.1 Å². The van der Waals surface area contributed by atoms with E-state index in [2.05, 4.69) is 20.5 Å². The van der Waals surface area contributed by atoms with Crippen LogP contribution in [0.3, 0.4) is 0 Å². The molecule has 0 bridgehead atoms. The van der Waals surface area contributed by atoms with Crippen molar-refractivity contribution < 1.29 is 4.79 Å². The maximum absolute atomic E-state index is 12.6. The van der Waals surface area contributed by atoms with Crippen LogP contribution in [0.25, 0.3) is 10.9 Å². The zero-order chi connectivity index (χ0) is 18.2. The number of hydrogen-bond acceptors (Lipinski definition) is 6. The number of aryl methyl sites for hydroxylation is 1. The summed E-state index contributed by atoms with van der Waals surface area (Å²) < 4.78 is 1.36. The number of carbonyl (C=O) groups excluding carboxylic acids is 1. The maximum Gasteiger partial charge on any atom is 0.261 e. The number of carbonyl (C=O) groups is 1. The number of anilines is 1. The average Bonchev–Trinajstić information content (AvgIpc) is 3.00. The van der Waals surface area contributed by atoms with E-state index in [1.165, 1.54) is 15.9 Å². The van der Waals surface area contributed by atoms with Gasteiger partial charge in [0.1, 0.15) is 17.4 Å². The number of nitrogens with zero attached hydrogens (tertiary/aromatic N) is 4. The van der Waals surface area contributed by atoms with Gasteiger partial charge in [0.25, 0.3) is 5.56 Å². The summed E-state index contributed by atoms with van der Waals surface area (Å²) in [6.07, 6.45) is 0. The molecule has 0 saturated carbocycles. The standard InChI is InChI=1S/C17H19N5O2S/c1-10-18-12-8-6-5-7-11(12)14(24)22(10)9-13(23)19-16-21-20-15(25-16)17(2,3)4/h5-8H,9H2,1-4H3,(H,19,21,23). The summed E-state index contributed by atoms with van der Waals surface area (Å²) >= 11 is 1.33. The molecule has 0 atom stereocenters. The lowest BCUT2D eigenvalue weighted by molar-refractivity contribution is -0.116. The number of aromatic nitrogens is 4. The molecular weight excluding hydrogens is 338 g/mol. The Bertz CT molecular complexity index is 1000. The molecule has 0 radical (unpaired) electrons. The highest BCUT2D eigenvalue weighted by molar-refractivity contribution is 7.15.